The first-order valence-electron chi connectivity index (χ1n) is 4.99. The van der Waals surface area contributed by atoms with Gasteiger partial charge in [0.05, 0.1) is 12.7 Å². The first-order valence-corrected chi connectivity index (χ1v) is 4.99. The smallest absolute Gasteiger partial charge is 0.360 e. The maximum atomic E-state index is 11.4. The molecule has 6 nitrogen and oxygen atoms in total. The number of nitrogens with zero attached hydrogens (tertiary/aromatic N) is 1. The minimum absolute atomic E-state index is 0.0139. The number of aromatic nitrogens is 1. The topological polar surface area (TPSA) is 89.6 Å². The lowest BCUT2D eigenvalue weighted by Crippen LogP contribution is -2.03. The Hall–Kier alpha value is -2.63. The highest BCUT2D eigenvalue weighted by molar-refractivity contribution is 5.95. The van der Waals surface area contributed by atoms with Crippen molar-refractivity contribution >= 4 is 11.9 Å². The summed E-state index contributed by atoms with van der Waals surface area (Å²) in [5.41, 5.74) is 0.563. The third kappa shape index (κ3) is 2.08. The zero-order valence-corrected chi connectivity index (χ0v) is 9.41. The zero-order chi connectivity index (χ0) is 13.1. The molecule has 0 bridgehead atoms. The standard InChI is InChI=1S/C12H9NO5/c1-17-12(16)9-10(18-6-13-9)7-3-2-4-8(5-7)11(14)15/h2-6H,1H3,(H,14,15). The van der Waals surface area contributed by atoms with E-state index in [9.17, 15) is 9.59 Å². The quantitative estimate of drug-likeness (QED) is 0.832. The molecule has 1 aromatic heterocycles. The molecule has 1 heterocycles. The van der Waals surface area contributed by atoms with E-state index < -0.39 is 11.9 Å². The minimum Gasteiger partial charge on any atom is -0.478 e. The van der Waals surface area contributed by atoms with E-state index in [1.807, 2.05) is 0 Å². The van der Waals surface area contributed by atoms with Gasteiger partial charge >= 0.3 is 11.9 Å². The summed E-state index contributed by atoms with van der Waals surface area (Å²) in [6.07, 6.45) is 1.11. The Kier molecular flexibility index (Phi) is 3.09. The van der Waals surface area contributed by atoms with Crippen LogP contribution in [0.3, 0.4) is 0 Å². The lowest BCUT2D eigenvalue weighted by molar-refractivity contribution is 0.0594. The van der Waals surface area contributed by atoms with Crippen molar-refractivity contribution in [3.63, 3.8) is 0 Å². The predicted octanol–water partition coefficient (Wildman–Crippen LogP) is 1.83. The monoisotopic (exact) mass is 247 g/mol. The molecule has 92 valence electrons. The molecule has 0 saturated heterocycles. The number of esters is 1. The number of carboxylic acids is 1. The molecular formula is C12H9NO5. The molecular weight excluding hydrogens is 238 g/mol. The molecule has 0 spiro atoms. The summed E-state index contributed by atoms with van der Waals surface area (Å²) in [5, 5.41) is 8.89. The van der Waals surface area contributed by atoms with Crippen LogP contribution < -0.4 is 0 Å². The number of carboxylic acid groups (broad SMARTS) is 1. The van der Waals surface area contributed by atoms with Crippen LogP contribution in [0.4, 0.5) is 0 Å². The summed E-state index contributed by atoms with van der Waals surface area (Å²) in [5.74, 6) is -1.51. The second kappa shape index (κ2) is 4.70. The second-order valence-electron chi connectivity index (χ2n) is 3.41. The Balaban J connectivity index is 2.49. The SMILES string of the molecule is COC(=O)c1ncoc1-c1cccc(C(=O)O)c1. The molecule has 0 fully saturated rings. The van der Waals surface area contributed by atoms with Crippen LogP contribution in [0.15, 0.2) is 35.1 Å². The van der Waals surface area contributed by atoms with E-state index in [0.29, 0.717) is 5.56 Å². The molecule has 0 aliphatic carbocycles. The van der Waals surface area contributed by atoms with E-state index in [2.05, 4.69) is 9.72 Å². The molecule has 2 rings (SSSR count). The first kappa shape index (κ1) is 11.8. The molecule has 0 amide bonds. The van der Waals surface area contributed by atoms with Crippen LogP contribution in [0.5, 0.6) is 0 Å². The van der Waals surface area contributed by atoms with Crippen molar-refractivity contribution in [3.8, 4) is 11.3 Å². The van der Waals surface area contributed by atoms with Gasteiger partial charge in [-0.05, 0) is 12.1 Å². The van der Waals surface area contributed by atoms with Gasteiger partial charge in [-0.1, -0.05) is 12.1 Å². The van der Waals surface area contributed by atoms with Crippen molar-refractivity contribution in [1.29, 1.82) is 0 Å². The highest BCUT2D eigenvalue weighted by Gasteiger charge is 2.19. The molecule has 0 radical (unpaired) electrons. The van der Waals surface area contributed by atoms with Crippen LogP contribution >= 0.6 is 0 Å². The third-order valence-electron chi connectivity index (χ3n) is 2.32. The molecule has 18 heavy (non-hydrogen) atoms. The van der Waals surface area contributed by atoms with Gasteiger partial charge in [-0.25, -0.2) is 14.6 Å². The van der Waals surface area contributed by atoms with Crippen molar-refractivity contribution in [2.24, 2.45) is 0 Å². The highest BCUT2D eigenvalue weighted by Crippen LogP contribution is 2.24. The summed E-state index contributed by atoms with van der Waals surface area (Å²) >= 11 is 0. The molecule has 0 atom stereocenters. The van der Waals surface area contributed by atoms with Crippen LogP contribution in [0.1, 0.15) is 20.8 Å². The van der Waals surface area contributed by atoms with E-state index >= 15 is 0 Å². The minimum atomic E-state index is -1.06. The van der Waals surface area contributed by atoms with Crippen molar-refractivity contribution in [1.82, 2.24) is 4.98 Å². The number of carbonyl (C=O) groups excluding carboxylic acids is 1. The number of hydrogen-bond acceptors (Lipinski definition) is 5. The van der Waals surface area contributed by atoms with Gasteiger partial charge in [0.2, 0.25) is 0 Å². The molecule has 0 aliphatic rings. The average molecular weight is 247 g/mol. The summed E-state index contributed by atoms with van der Waals surface area (Å²) in [6.45, 7) is 0. The van der Waals surface area contributed by atoms with Gasteiger partial charge < -0.3 is 14.3 Å². The normalized spacial score (nSPS) is 10.1. The summed E-state index contributed by atoms with van der Waals surface area (Å²) in [7, 11) is 1.23. The van der Waals surface area contributed by atoms with E-state index in [4.69, 9.17) is 9.52 Å². The summed E-state index contributed by atoms with van der Waals surface area (Å²) < 4.78 is 9.66. The maximum Gasteiger partial charge on any atom is 0.360 e. The second-order valence-corrected chi connectivity index (χ2v) is 3.41. The van der Waals surface area contributed by atoms with Gasteiger partial charge in [0.25, 0.3) is 0 Å². The van der Waals surface area contributed by atoms with Gasteiger partial charge in [0, 0.05) is 5.56 Å². The Morgan fingerprint density at radius 1 is 1.39 bits per heavy atom. The maximum absolute atomic E-state index is 11.4. The largest absolute Gasteiger partial charge is 0.478 e. The van der Waals surface area contributed by atoms with Gasteiger partial charge in [0.1, 0.15) is 0 Å². The highest BCUT2D eigenvalue weighted by atomic mass is 16.5. The van der Waals surface area contributed by atoms with Gasteiger partial charge in [-0.15, -0.1) is 0 Å². The van der Waals surface area contributed by atoms with Gasteiger partial charge in [-0.2, -0.15) is 0 Å². The van der Waals surface area contributed by atoms with Gasteiger partial charge in [-0.3, -0.25) is 0 Å². The van der Waals surface area contributed by atoms with E-state index in [-0.39, 0.29) is 17.0 Å². The predicted molar refractivity (Wildman–Crippen MR) is 60.2 cm³/mol. The number of oxazole rings is 1. The molecule has 1 N–H and O–H groups in total. The number of rotatable bonds is 3. The van der Waals surface area contributed by atoms with Crippen LogP contribution in [0, 0.1) is 0 Å². The number of methoxy groups -OCH3 is 1. The number of aromatic carboxylic acids is 1. The van der Waals surface area contributed by atoms with Crippen molar-refractivity contribution in [2.75, 3.05) is 7.11 Å². The van der Waals surface area contributed by atoms with Crippen LogP contribution in [0.25, 0.3) is 11.3 Å². The summed E-state index contributed by atoms with van der Waals surface area (Å²) in [4.78, 5) is 26.0. The van der Waals surface area contributed by atoms with Crippen LogP contribution in [-0.4, -0.2) is 29.1 Å². The van der Waals surface area contributed by atoms with Crippen molar-refractivity contribution in [3.05, 3.63) is 41.9 Å². The molecule has 2 aromatic rings. The first-order chi connectivity index (χ1) is 8.63. The van der Waals surface area contributed by atoms with E-state index in [0.717, 1.165) is 6.39 Å². The molecule has 0 unspecified atom stereocenters. The van der Waals surface area contributed by atoms with E-state index in [1.54, 1.807) is 12.1 Å². The van der Waals surface area contributed by atoms with Crippen LogP contribution in [-0.2, 0) is 4.74 Å². The van der Waals surface area contributed by atoms with Crippen molar-refractivity contribution in [2.45, 2.75) is 0 Å². The number of benzene rings is 1. The Morgan fingerprint density at radius 2 is 2.17 bits per heavy atom. The fraction of sp³-hybridized carbons (Fsp3) is 0.0833. The molecule has 0 aliphatic heterocycles. The number of hydrogen-bond donors (Lipinski definition) is 1. The Labute approximate surface area is 102 Å². The number of ether oxygens (including phenoxy) is 1. The van der Waals surface area contributed by atoms with Gasteiger partial charge in [0.15, 0.2) is 17.8 Å². The molecule has 0 saturated carbocycles. The van der Waals surface area contributed by atoms with Crippen LogP contribution in [0.2, 0.25) is 0 Å². The Bertz CT molecular complexity index is 602. The number of carbonyl (C=O) groups is 2. The van der Waals surface area contributed by atoms with Crippen molar-refractivity contribution < 1.29 is 23.8 Å². The molecule has 1 aromatic carbocycles. The fourth-order valence-electron chi connectivity index (χ4n) is 1.49. The lowest BCUT2D eigenvalue weighted by atomic mass is 10.1. The Morgan fingerprint density at radius 3 is 2.83 bits per heavy atom. The third-order valence-corrected chi connectivity index (χ3v) is 2.32. The zero-order valence-electron chi connectivity index (χ0n) is 9.41. The fourth-order valence-corrected chi connectivity index (χ4v) is 1.49. The van der Waals surface area contributed by atoms with E-state index in [1.165, 1.54) is 19.2 Å². The lowest BCUT2D eigenvalue weighted by Gasteiger charge is -2.01. The average Bonchev–Trinajstić information content (AvgIpc) is 2.87. The molecule has 6 heteroatoms. The summed E-state index contributed by atoms with van der Waals surface area (Å²) in [6, 6.07) is 6.02.